The Bertz CT molecular complexity index is 281. The van der Waals surface area contributed by atoms with Crippen LogP contribution in [-0.4, -0.2) is 5.94 Å². The molecule has 0 aliphatic carbocycles. The molecule has 1 aromatic rings. The highest BCUT2D eigenvalue weighted by atomic mass is 16.1. The lowest BCUT2D eigenvalue weighted by Gasteiger charge is -1.99. The summed E-state index contributed by atoms with van der Waals surface area (Å²) in [7, 11) is 0. The summed E-state index contributed by atoms with van der Waals surface area (Å²) in [6, 6.07) is 9.69. The Labute approximate surface area is 72.7 Å². The standard InChI is InChI=1S/C11H12O/c1-2-6-11(9-12)10-7-4-3-5-8-10/h3-5,7-8H,2,6H2,1H3. The number of rotatable bonds is 3. The molecule has 0 unspecified atom stereocenters. The van der Waals surface area contributed by atoms with E-state index < -0.39 is 0 Å². The number of hydrogen-bond donors (Lipinski definition) is 0. The van der Waals surface area contributed by atoms with Crippen molar-refractivity contribution in [1.82, 2.24) is 0 Å². The molecule has 0 heterocycles. The first-order valence-corrected chi connectivity index (χ1v) is 4.18. The lowest BCUT2D eigenvalue weighted by molar-refractivity contribution is 0.569. The maximum atomic E-state index is 10.5. The van der Waals surface area contributed by atoms with Gasteiger partial charge in [-0.1, -0.05) is 43.7 Å². The molecule has 12 heavy (non-hydrogen) atoms. The molecule has 0 aliphatic rings. The van der Waals surface area contributed by atoms with Gasteiger partial charge in [0.05, 0.1) is 0 Å². The van der Waals surface area contributed by atoms with Crippen LogP contribution in [-0.2, 0) is 4.79 Å². The molecule has 1 nitrogen and oxygen atoms in total. The summed E-state index contributed by atoms with van der Waals surface area (Å²) in [5.74, 6) is 1.99. The summed E-state index contributed by atoms with van der Waals surface area (Å²) >= 11 is 0. The molecule has 0 spiro atoms. The topological polar surface area (TPSA) is 17.1 Å². The van der Waals surface area contributed by atoms with Gasteiger partial charge in [0.15, 0.2) is 0 Å². The average molecular weight is 160 g/mol. The minimum Gasteiger partial charge on any atom is -0.233 e. The predicted octanol–water partition coefficient (Wildman–Crippen LogP) is 2.70. The largest absolute Gasteiger partial charge is 0.233 e. The molecule has 0 amide bonds. The monoisotopic (exact) mass is 160 g/mol. The van der Waals surface area contributed by atoms with Crippen LogP contribution in [0.2, 0.25) is 0 Å². The number of benzene rings is 1. The van der Waals surface area contributed by atoms with Crippen LogP contribution in [0.25, 0.3) is 5.57 Å². The second-order valence-corrected chi connectivity index (χ2v) is 2.70. The van der Waals surface area contributed by atoms with E-state index in [9.17, 15) is 4.79 Å². The zero-order chi connectivity index (χ0) is 8.81. The Hall–Kier alpha value is -1.33. The number of carbonyl (C=O) groups excluding carboxylic acids is 1. The van der Waals surface area contributed by atoms with Crippen molar-refractivity contribution in [2.45, 2.75) is 19.8 Å². The van der Waals surface area contributed by atoms with E-state index in [1.54, 1.807) is 0 Å². The van der Waals surface area contributed by atoms with E-state index in [0.717, 1.165) is 24.0 Å². The second-order valence-electron chi connectivity index (χ2n) is 2.70. The highest BCUT2D eigenvalue weighted by Crippen LogP contribution is 2.15. The molecule has 0 aliphatic heterocycles. The predicted molar refractivity (Wildman–Crippen MR) is 50.5 cm³/mol. The molecule has 0 saturated heterocycles. The maximum Gasteiger partial charge on any atom is 0.128 e. The SMILES string of the molecule is CCCC(=C=O)c1ccccc1. The van der Waals surface area contributed by atoms with Crippen LogP contribution in [0.4, 0.5) is 0 Å². The minimum atomic E-state index is 0.776. The van der Waals surface area contributed by atoms with E-state index in [2.05, 4.69) is 6.92 Å². The maximum absolute atomic E-state index is 10.5. The summed E-state index contributed by atoms with van der Waals surface area (Å²) in [5, 5.41) is 0. The summed E-state index contributed by atoms with van der Waals surface area (Å²) in [6.45, 7) is 2.06. The summed E-state index contributed by atoms with van der Waals surface area (Å²) in [4.78, 5) is 10.5. The molecule has 0 aromatic heterocycles. The second kappa shape index (κ2) is 4.53. The van der Waals surface area contributed by atoms with Gasteiger partial charge in [0.2, 0.25) is 0 Å². The van der Waals surface area contributed by atoms with E-state index in [0.29, 0.717) is 0 Å². The van der Waals surface area contributed by atoms with Crippen LogP contribution >= 0.6 is 0 Å². The molecule has 1 heteroatoms. The lowest BCUT2D eigenvalue weighted by Crippen LogP contribution is -1.83. The first kappa shape index (κ1) is 8.76. The zero-order valence-corrected chi connectivity index (χ0v) is 7.21. The van der Waals surface area contributed by atoms with Crippen LogP contribution in [0.15, 0.2) is 30.3 Å². The molecule has 1 aromatic carbocycles. The average Bonchev–Trinajstić information content (AvgIpc) is 2.15. The fourth-order valence-corrected chi connectivity index (χ4v) is 1.14. The van der Waals surface area contributed by atoms with Crippen molar-refractivity contribution in [3.8, 4) is 0 Å². The summed E-state index contributed by atoms with van der Waals surface area (Å²) in [6.07, 6.45) is 1.80. The van der Waals surface area contributed by atoms with Gasteiger partial charge in [0, 0.05) is 5.57 Å². The van der Waals surface area contributed by atoms with E-state index in [4.69, 9.17) is 0 Å². The smallest absolute Gasteiger partial charge is 0.128 e. The van der Waals surface area contributed by atoms with Crippen LogP contribution < -0.4 is 0 Å². The van der Waals surface area contributed by atoms with Gasteiger partial charge >= 0.3 is 0 Å². The molecule has 0 bridgehead atoms. The molecule has 0 atom stereocenters. The van der Waals surface area contributed by atoms with Gasteiger partial charge in [-0.3, -0.25) is 0 Å². The molecule has 62 valence electrons. The fourth-order valence-electron chi connectivity index (χ4n) is 1.14. The van der Waals surface area contributed by atoms with Crippen LogP contribution in [0, 0.1) is 0 Å². The van der Waals surface area contributed by atoms with Gasteiger partial charge in [-0.2, -0.15) is 0 Å². The Morgan fingerprint density at radius 2 is 2.00 bits per heavy atom. The Morgan fingerprint density at radius 1 is 1.33 bits per heavy atom. The van der Waals surface area contributed by atoms with Crippen LogP contribution in [0.5, 0.6) is 0 Å². The Balaban J connectivity index is 2.89. The van der Waals surface area contributed by atoms with Crippen molar-refractivity contribution in [1.29, 1.82) is 0 Å². The van der Waals surface area contributed by atoms with E-state index >= 15 is 0 Å². The van der Waals surface area contributed by atoms with Gasteiger partial charge in [-0.05, 0) is 12.0 Å². The number of allylic oxidation sites excluding steroid dienone is 1. The third kappa shape index (κ3) is 2.08. The van der Waals surface area contributed by atoms with Crippen molar-refractivity contribution in [2.75, 3.05) is 0 Å². The molecule has 0 fully saturated rings. The first-order chi connectivity index (χ1) is 5.88. The van der Waals surface area contributed by atoms with Crippen molar-refractivity contribution in [3.63, 3.8) is 0 Å². The van der Waals surface area contributed by atoms with Gasteiger partial charge in [0.25, 0.3) is 0 Å². The van der Waals surface area contributed by atoms with Gasteiger partial charge < -0.3 is 0 Å². The van der Waals surface area contributed by atoms with Crippen LogP contribution in [0.3, 0.4) is 0 Å². The lowest BCUT2D eigenvalue weighted by atomic mass is 10.0. The zero-order valence-electron chi connectivity index (χ0n) is 7.21. The fraction of sp³-hybridized carbons (Fsp3) is 0.273. The Morgan fingerprint density at radius 3 is 2.50 bits per heavy atom. The van der Waals surface area contributed by atoms with Gasteiger partial charge in [0.1, 0.15) is 5.94 Å². The van der Waals surface area contributed by atoms with Crippen molar-refractivity contribution < 1.29 is 4.79 Å². The molecular formula is C11H12O. The minimum absolute atomic E-state index is 0.776. The molecule has 0 N–H and O–H groups in total. The molecular weight excluding hydrogens is 148 g/mol. The summed E-state index contributed by atoms with van der Waals surface area (Å²) < 4.78 is 0. The van der Waals surface area contributed by atoms with Crippen molar-refractivity contribution in [2.24, 2.45) is 0 Å². The normalized spacial score (nSPS) is 9.08. The van der Waals surface area contributed by atoms with E-state index in [-0.39, 0.29) is 0 Å². The third-order valence-corrected chi connectivity index (χ3v) is 1.75. The van der Waals surface area contributed by atoms with Gasteiger partial charge in [-0.15, -0.1) is 0 Å². The first-order valence-electron chi connectivity index (χ1n) is 4.18. The van der Waals surface area contributed by atoms with Crippen molar-refractivity contribution in [3.05, 3.63) is 35.9 Å². The van der Waals surface area contributed by atoms with Crippen molar-refractivity contribution >= 4 is 11.5 Å². The Kier molecular flexibility index (Phi) is 3.31. The molecule has 0 saturated carbocycles. The summed E-state index contributed by atoms with van der Waals surface area (Å²) in [5.41, 5.74) is 1.77. The molecule has 1 rings (SSSR count). The highest BCUT2D eigenvalue weighted by Gasteiger charge is 1.98. The van der Waals surface area contributed by atoms with E-state index in [1.165, 1.54) is 0 Å². The number of hydrogen-bond acceptors (Lipinski definition) is 1. The third-order valence-electron chi connectivity index (χ3n) is 1.75. The van der Waals surface area contributed by atoms with E-state index in [1.807, 2.05) is 36.3 Å². The van der Waals surface area contributed by atoms with Gasteiger partial charge in [-0.25, -0.2) is 4.79 Å². The quantitative estimate of drug-likeness (QED) is 0.621. The molecule has 0 radical (unpaired) electrons. The van der Waals surface area contributed by atoms with Crippen LogP contribution in [0.1, 0.15) is 25.3 Å². The highest BCUT2D eigenvalue weighted by molar-refractivity contribution is 5.87.